The van der Waals surface area contributed by atoms with E-state index in [1.807, 2.05) is 0 Å². The van der Waals surface area contributed by atoms with E-state index in [1.54, 1.807) is 6.07 Å². The van der Waals surface area contributed by atoms with Crippen LogP contribution >= 0.6 is 0 Å². The Bertz CT molecular complexity index is 299. The average Bonchev–Trinajstić information content (AvgIpc) is 2.07. The number of aliphatic hydroxyl groups excluding tert-OH is 1. The van der Waals surface area contributed by atoms with Gasteiger partial charge in [-0.3, -0.25) is 0 Å². The van der Waals surface area contributed by atoms with Gasteiger partial charge in [0.2, 0.25) is 0 Å². The summed E-state index contributed by atoms with van der Waals surface area (Å²) in [5, 5.41) is 19.9. The van der Waals surface area contributed by atoms with Crippen molar-refractivity contribution < 1.29 is 14.7 Å². The fourth-order valence-corrected chi connectivity index (χ4v) is 0.849. The molecular weight excluding hydrogens is 161 g/mol. The van der Waals surface area contributed by atoms with Crippen molar-refractivity contribution in [3.63, 3.8) is 0 Å². The molecule has 2 N–H and O–H groups in total. The molecular formula is C8H8FNO2. The molecule has 0 saturated heterocycles. The first kappa shape index (κ1) is 8.67. The number of hydrogen-bond donors (Lipinski definition) is 2. The molecule has 0 spiro atoms. The van der Waals surface area contributed by atoms with Crippen LogP contribution in [0.15, 0.2) is 29.4 Å². The molecule has 1 aromatic carbocycles. The van der Waals surface area contributed by atoms with Gasteiger partial charge in [-0.05, 0) is 12.1 Å². The van der Waals surface area contributed by atoms with E-state index in [1.165, 1.54) is 18.2 Å². The zero-order valence-corrected chi connectivity index (χ0v) is 6.24. The topological polar surface area (TPSA) is 52.8 Å². The fourth-order valence-electron chi connectivity index (χ4n) is 0.849. The highest BCUT2D eigenvalue weighted by Crippen LogP contribution is 2.04. The van der Waals surface area contributed by atoms with E-state index in [0.29, 0.717) is 5.56 Å². The summed E-state index contributed by atoms with van der Waals surface area (Å²) in [5.74, 6) is -0.429. The van der Waals surface area contributed by atoms with Gasteiger partial charge in [-0.2, -0.15) is 0 Å². The smallest absolute Gasteiger partial charge is 0.123 e. The molecule has 1 aromatic rings. The van der Waals surface area contributed by atoms with Crippen LogP contribution in [-0.2, 0) is 0 Å². The lowest BCUT2D eigenvalue weighted by Crippen LogP contribution is -2.06. The molecule has 0 radical (unpaired) electrons. The Labute approximate surface area is 68.8 Å². The van der Waals surface area contributed by atoms with Crippen molar-refractivity contribution in [2.75, 3.05) is 6.61 Å². The predicted octanol–water partition coefficient (Wildman–Crippen LogP) is 0.996. The predicted molar refractivity (Wildman–Crippen MR) is 41.8 cm³/mol. The number of oxime groups is 1. The van der Waals surface area contributed by atoms with E-state index in [-0.39, 0.29) is 5.71 Å². The van der Waals surface area contributed by atoms with Gasteiger partial charge in [0.1, 0.15) is 11.5 Å². The van der Waals surface area contributed by atoms with Gasteiger partial charge in [0.05, 0.1) is 6.61 Å². The molecule has 0 amide bonds. The van der Waals surface area contributed by atoms with E-state index in [9.17, 15) is 4.39 Å². The second kappa shape index (κ2) is 3.82. The van der Waals surface area contributed by atoms with Crippen LogP contribution in [0.3, 0.4) is 0 Å². The third-order valence-corrected chi connectivity index (χ3v) is 1.43. The van der Waals surface area contributed by atoms with Crippen molar-refractivity contribution in [3.8, 4) is 0 Å². The maximum atomic E-state index is 12.6. The monoisotopic (exact) mass is 169 g/mol. The van der Waals surface area contributed by atoms with Gasteiger partial charge < -0.3 is 10.3 Å². The lowest BCUT2D eigenvalue weighted by atomic mass is 10.1. The Morgan fingerprint density at radius 2 is 2.25 bits per heavy atom. The van der Waals surface area contributed by atoms with E-state index in [2.05, 4.69) is 5.16 Å². The summed E-state index contributed by atoms with van der Waals surface area (Å²) in [6, 6.07) is 5.49. The van der Waals surface area contributed by atoms with Gasteiger partial charge in [0.15, 0.2) is 0 Å². The summed E-state index contributed by atoms with van der Waals surface area (Å²) in [6.07, 6.45) is 0. The summed E-state index contributed by atoms with van der Waals surface area (Å²) in [4.78, 5) is 0. The number of nitrogens with zero attached hydrogens (tertiary/aromatic N) is 1. The molecule has 0 fully saturated rings. The third-order valence-electron chi connectivity index (χ3n) is 1.43. The van der Waals surface area contributed by atoms with Crippen molar-refractivity contribution in [2.45, 2.75) is 0 Å². The molecule has 0 bridgehead atoms. The van der Waals surface area contributed by atoms with Gasteiger partial charge in [-0.15, -0.1) is 0 Å². The lowest BCUT2D eigenvalue weighted by Gasteiger charge is -1.99. The molecule has 0 aliphatic carbocycles. The molecule has 0 saturated carbocycles. The van der Waals surface area contributed by atoms with Crippen LogP contribution in [0.5, 0.6) is 0 Å². The minimum atomic E-state index is -0.429. The van der Waals surface area contributed by atoms with E-state index in [4.69, 9.17) is 10.3 Å². The van der Waals surface area contributed by atoms with Crippen molar-refractivity contribution in [3.05, 3.63) is 35.6 Å². The molecule has 0 aliphatic rings. The SMILES string of the molecule is OC/C(=N/O)c1cccc(F)c1. The fraction of sp³-hybridized carbons (Fsp3) is 0.125. The number of rotatable bonds is 2. The van der Waals surface area contributed by atoms with Gasteiger partial charge in [-0.1, -0.05) is 17.3 Å². The molecule has 12 heavy (non-hydrogen) atoms. The standard InChI is InChI=1S/C8H8FNO2/c9-7-3-1-2-6(4-7)8(5-11)10-12/h1-4,11-12H,5H2/b10-8-. The summed E-state index contributed by atoms with van der Waals surface area (Å²) < 4.78 is 12.6. The highest BCUT2D eigenvalue weighted by Gasteiger charge is 2.02. The number of halogens is 1. The Morgan fingerprint density at radius 3 is 2.75 bits per heavy atom. The summed E-state index contributed by atoms with van der Waals surface area (Å²) in [6.45, 7) is -0.417. The first-order chi connectivity index (χ1) is 5.77. The van der Waals surface area contributed by atoms with Crippen LogP contribution in [0, 0.1) is 5.82 Å². The van der Waals surface area contributed by atoms with Crippen molar-refractivity contribution >= 4 is 5.71 Å². The number of benzene rings is 1. The Hall–Kier alpha value is -1.42. The normalized spacial score (nSPS) is 11.7. The molecule has 0 aliphatic heterocycles. The Morgan fingerprint density at radius 1 is 1.50 bits per heavy atom. The first-order valence-electron chi connectivity index (χ1n) is 3.35. The summed E-state index contributed by atoms with van der Waals surface area (Å²) in [7, 11) is 0. The molecule has 0 aromatic heterocycles. The van der Waals surface area contributed by atoms with Gasteiger partial charge in [0.25, 0.3) is 0 Å². The van der Waals surface area contributed by atoms with E-state index < -0.39 is 12.4 Å². The largest absolute Gasteiger partial charge is 0.411 e. The average molecular weight is 169 g/mol. The Kier molecular flexibility index (Phi) is 2.76. The minimum absolute atomic E-state index is 0.0505. The highest BCUT2D eigenvalue weighted by molar-refractivity contribution is 6.00. The van der Waals surface area contributed by atoms with Crippen LogP contribution in [0.2, 0.25) is 0 Å². The van der Waals surface area contributed by atoms with Gasteiger partial charge >= 0.3 is 0 Å². The number of hydrogen-bond acceptors (Lipinski definition) is 3. The third kappa shape index (κ3) is 1.79. The van der Waals surface area contributed by atoms with Crippen LogP contribution in [0.25, 0.3) is 0 Å². The number of aliphatic hydroxyl groups is 1. The maximum Gasteiger partial charge on any atom is 0.123 e. The lowest BCUT2D eigenvalue weighted by molar-refractivity contribution is 0.304. The van der Waals surface area contributed by atoms with Crippen LogP contribution in [0.1, 0.15) is 5.56 Å². The molecule has 0 atom stereocenters. The van der Waals surface area contributed by atoms with Crippen molar-refractivity contribution in [1.82, 2.24) is 0 Å². The molecule has 0 heterocycles. The quantitative estimate of drug-likeness (QED) is 0.394. The van der Waals surface area contributed by atoms with Crippen molar-refractivity contribution in [2.24, 2.45) is 5.16 Å². The minimum Gasteiger partial charge on any atom is -0.411 e. The molecule has 4 heteroatoms. The maximum absolute atomic E-state index is 12.6. The van der Waals surface area contributed by atoms with E-state index in [0.717, 1.165) is 0 Å². The zero-order chi connectivity index (χ0) is 8.97. The van der Waals surface area contributed by atoms with Crippen LogP contribution in [0.4, 0.5) is 4.39 Å². The first-order valence-corrected chi connectivity index (χ1v) is 3.35. The second-order valence-electron chi connectivity index (χ2n) is 2.22. The Balaban J connectivity index is 3.02. The zero-order valence-electron chi connectivity index (χ0n) is 6.24. The summed E-state index contributed by atoms with van der Waals surface area (Å²) >= 11 is 0. The van der Waals surface area contributed by atoms with Crippen LogP contribution in [-0.4, -0.2) is 22.6 Å². The van der Waals surface area contributed by atoms with E-state index >= 15 is 0 Å². The molecule has 1 rings (SSSR count). The van der Waals surface area contributed by atoms with Gasteiger partial charge in [0, 0.05) is 5.56 Å². The second-order valence-corrected chi connectivity index (χ2v) is 2.22. The molecule has 3 nitrogen and oxygen atoms in total. The summed E-state index contributed by atoms with van der Waals surface area (Å²) in [5.41, 5.74) is 0.425. The molecule has 0 unspecified atom stereocenters. The van der Waals surface area contributed by atoms with Gasteiger partial charge in [-0.25, -0.2) is 4.39 Å². The highest BCUT2D eigenvalue weighted by atomic mass is 19.1. The molecule has 64 valence electrons. The van der Waals surface area contributed by atoms with Crippen molar-refractivity contribution in [1.29, 1.82) is 0 Å². The van der Waals surface area contributed by atoms with Crippen LogP contribution < -0.4 is 0 Å².